The van der Waals surface area contributed by atoms with Crippen LogP contribution in [0.2, 0.25) is 0 Å². The van der Waals surface area contributed by atoms with Gasteiger partial charge in [0.1, 0.15) is 0 Å². The molecule has 0 bridgehead atoms. The molecule has 5 heteroatoms. The number of carbonyl (C=O) groups is 2. The van der Waals surface area contributed by atoms with Crippen LogP contribution in [0.3, 0.4) is 0 Å². The molecular formula is C15H25N3O2. The van der Waals surface area contributed by atoms with Crippen LogP contribution in [-0.2, 0) is 9.59 Å². The topological polar surface area (TPSA) is 52.7 Å². The van der Waals surface area contributed by atoms with Gasteiger partial charge in [0.2, 0.25) is 11.8 Å². The van der Waals surface area contributed by atoms with Gasteiger partial charge in [-0.1, -0.05) is 0 Å². The minimum atomic E-state index is 0.0186. The lowest BCUT2D eigenvalue weighted by atomic mass is 9.99. The lowest BCUT2D eigenvalue weighted by molar-refractivity contribution is -0.138. The molecule has 1 saturated carbocycles. The van der Waals surface area contributed by atoms with Crippen molar-refractivity contribution in [1.29, 1.82) is 0 Å². The third-order valence-electron chi connectivity index (χ3n) is 4.72. The van der Waals surface area contributed by atoms with Crippen LogP contribution in [0.4, 0.5) is 0 Å². The molecule has 1 atom stereocenters. The number of likely N-dealkylation sites (tertiary alicyclic amines) is 1. The molecule has 5 nitrogen and oxygen atoms in total. The van der Waals surface area contributed by atoms with Gasteiger partial charge in [-0.15, -0.1) is 0 Å². The number of nitrogens with one attached hydrogen (secondary N) is 1. The average molecular weight is 279 g/mol. The molecule has 0 aromatic rings. The number of amides is 2. The Hall–Kier alpha value is -0.940. The van der Waals surface area contributed by atoms with Gasteiger partial charge in [0, 0.05) is 38.5 Å². The van der Waals surface area contributed by atoms with Crippen molar-refractivity contribution in [3.05, 3.63) is 0 Å². The first-order valence-corrected chi connectivity index (χ1v) is 8.02. The zero-order chi connectivity index (χ0) is 13.9. The van der Waals surface area contributed by atoms with Crippen LogP contribution in [0.5, 0.6) is 0 Å². The summed E-state index contributed by atoms with van der Waals surface area (Å²) in [7, 11) is 0. The molecule has 3 rings (SSSR count). The Kier molecular flexibility index (Phi) is 4.36. The Morgan fingerprint density at radius 2 is 1.90 bits per heavy atom. The van der Waals surface area contributed by atoms with E-state index < -0.39 is 0 Å². The number of nitrogens with zero attached hydrogens (tertiary/aromatic N) is 2. The summed E-state index contributed by atoms with van der Waals surface area (Å²) in [4.78, 5) is 27.3. The summed E-state index contributed by atoms with van der Waals surface area (Å²) in [6, 6.07) is 0.699. The molecule has 0 aromatic heterocycles. The molecule has 0 radical (unpaired) electrons. The summed E-state index contributed by atoms with van der Waals surface area (Å²) in [5.41, 5.74) is 0. The van der Waals surface area contributed by atoms with Crippen molar-refractivity contribution in [2.24, 2.45) is 5.92 Å². The zero-order valence-electron chi connectivity index (χ0n) is 12.1. The summed E-state index contributed by atoms with van der Waals surface area (Å²) in [5.74, 6) is 0.768. The van der Waals surface area contributed by atoms with Gasteiger partial charge in [-0.2, -0.15) is 0 Å². The molecule has 1 unspecified atom stereocenters. The largest absolute Gasteiger partial charge is 0.316 e. The van der Waals surface area contributed by atoms with Crippen LogP contribution < -0.4 is 5.32 Å². The van der Waals surface area contributed by atoms with Crippen molar-refractivity contribution in [1.82, 2.24) is 15.1 Å². The van der Waals surface area contributed by atoms with E-state index in [-0.39, 0.29) is 11.8 Å². The summed E-state index contributed by atoms with van der Waals surface area (Å²) in [5, 5.41) is 3.47. The van der Waals surface area contributed by atoms with Crippen LogP contribution in [0.1, 0.15) is 38.5 Å². The first kappa shape index (κ1) is 14.0. The standard InChI is InChI=1S/C15H25N3O2/c19-14-5-6-15(20)18(14)9-8-17(13-3-4-13)11-12-2-1-7-16-10-12/h12-13,16H,1-11H2. The van der Waals surface area contributed by atoms with Crippen molar-refractivity contribution in [3.63, 3.8) is 0 Å². The van der Waals surface area contributed by atoms with Gasteiger partial charge < -0.3 is 5.32 Å². The second kappa shape index (κ2) is 6.22. The Labute approximate surface area is 120 Å². The van der Waals surface area contributed by atoms with Gasteiger partial charge in [0.15, 0.2) is 0 Å². The molecule has 0 aromatic carbocycles. The van der Waals surface area contributed by atoms with Gasteiger partial charge >= 0.3 is 0 Å². The van der Waals surface area contributed by atoms with E-state index in [2.05, 4.69) is 10.2 Å². The Balaban J connectivity index is 1.49. The molecule has 20 heavy (non-hydrogen) atoms. The van der Waals surface area contributed by atoms with E-state index in [9.17, 15) is 9.59 Å². The molecule has 0 spiro atoms. The molecule has 3 fully saturated rings. The van der Waals surface area contributed by atoms with Crippen LogP contribution in [0.15, 0.2) is 0 Å². The highest BCUT2D eigenvalue weighted by atomic mass is 16.2. The fraction of sp³-hybridized carbons (Fsp3) is 0.867. The zero-order valence-corrected chi connectivity index (χ0v) is 12.1. The van der Waals surface area contributed by atoms with Crippen molar-refractivity contribution in [3.8, 4) is 0 Å². The number of rotatable bonds is 6. The van der Waals surface area contributed by atoms with E-state index in [1.54, 1.807) is 0 Å². The lowest BCUT2D eigenvalue weighted by Crippen LogP contribution is -2.43. The molecule has 2 saturated heterocycles. The van der Waals surface area contributed by atoms with E-state index in [0.717, 1.165) is 32.1 Å². The summed E-state index contributed by atoms with van der Waals surface area (Å²) in [6.07, 6.45) is 5.96. The third-order valence-corrected chi connectivity index (χ3v) is 4.72. The quantitative estimate of drug-likeness (QED) is 0.724. The average Bonchev–Trinajstić information content (AvgIpc) is 3.25. The van der Waals surface area contributed by atoms with Gasteiger partial charge in [0.05, 0.1) is 0 Å². The number of piperidine rings is 1. The number of hydrogen-bond donors (Lipinski definition) is 1. The first-order valence-electron chi connectivity index (χ1n) is 8.02. The predicted molar refractivity (Wildman–Crippen MR) is 76.1 cm³/mol. The van der Waals surface area contributed by atoms with E-state index in [0.29, 0.717) is 25.4 Å². The number of hydrogen-bond acceptors (Lipinski definition) is 4. The van der Waals surface area contributed by atoms with Crippen molar-refractivity contribution >= 4 is 11.8 Å². The Bertz CT molecular complexity index is 359. The SMILES string of the molecule is O=C1CCC(=O)N1CCN(CC1CCCNC1)C1CC1. The first-order chi connectivity index (χ1) is 9.74. The fourth-order valence-corrected chi connectivity index (χ4v) is 3.37. The van der Waals surface area contributed by atoms with Gasteiger partial charge in [-0.3, -0.25) is 19.4 Å². The van der Waals surface area contributed by atoms with Crippen molar-refractivity contribution < 1.29 is 9.59 Å². The van der Waals surface area contributed by atoms with Gasteiger partial charge in [-0.05, 0) is 44.7 Å². The highest BCUT2D eigenvalue weighted by molar-refractivity contribution is 6.01. The highest BCUT2D eigenvalue weighted by Crippen LogP contribution is 2.28. The number of imide groups is 1. The van der Waals surface area contributed by atoms with E-state index in [1.165, 1.54) is 30.6 Å². The predicted octanol–water partition coefficient (Wildman–Crippen LogP) is 0.599. The second-order valence-electron chi connectivity index (χ2n) is 6.38. The maximum atomic E-state index is 11.6. The molecule has 112 valence electrons. The van der Waals surface area contributed by atoms with Crippen molar-refractivity contribution in [2.75, 3.05) is 32.7 Å². The third kappa shape index (κ3) is 3.38. The molecule has 3 aliphatic rings. The van der Waals surface area contributed by atoms with Gasteiger partial charge in [-0.25, -0.2) is 0 Å². The fourth-order valence-electron chi connectivity index (χ4n) is 3.37. The molecule has 2 amide bonds. The smallest absolute Gasteiger partial charge is 0.229 e. The summed E-state index contributed by atoms with van der Waals surface area (Å²) in [6.45, 7) is 4.84. The molecule has 1 N–H and O–H groups in total. The van der Waals surface area contributed by atoms with E-state index in [4.69, 9.17) is 0 Å². The highest BCUT2D eigenvalue weighted by Gasteiger charge is 2.33. The molecular weight excluding hydrogens is 254 g/mol. The normalized spacial score (nSPS) is 27.6. The second-order valence-corrected chi connectivity index (χ2v) is 6.38. The monoisotopic (exact) mass is 279 g/mol. The van der Waals surface area contributed by atoms with E-state index >= 15 is 0 Å². The Morgan fingerprint density at radius 3 is 2.50 bits per heavy atom. The van der Waals surface area contributed by atoms with Crippen LogP contribution in [-0.4, -0.2) is 60.4 Å². The molecule has 1 aliphatic carbocycles. The molecule has 2 aliphatic heterocycles. The summed E-state index contributed by atoms with van der Waals surface area (Å²) >= 11 is 0. The maximum Gasteiger partial charge on any atom is 0.229 e. The summed E-state index contributed by atoms with van der Waals surface area (Å²) < 4.78 is 0. The minimum Gasteiger partial charge on any atom is -0.316 e. The Morgan fingerprint density at radius 1 is 1.15 bits per heavy atom. The van der Waals surface area contributed by atoms with Crippen molar-refractivity contribution in [2.45, 2.75) is 44.6 Å². The lowest BCUT2D eigenvalue weighted by Gasteiger charge is -2.31. The van der Waals surface area contributed by atoms with E-state index in [1.807, 2.05) is 0 Å². The minimum absolute atomic E-state index is 0.0186. The van der Waals surface area contributed by atoms with Crippen LogP contribution in [0.25, 0.3) is 0 Å². The molecule has 2 heterocycles. The maximum absolute atomic E-state index is 11.6. The van der Waals surface area contributed by atoms with Crippen LogP contribution in [0, 0.1) is 5.92 Å². The number of carbonyl (C=O) groups excluding carboxylic acids is 2. The van der Waals surface area contributed by atoms with Gasteiger partial charge in [0.25, 0.3) is 0 Å². The van der Waals surface area contributed by atoms with Crippen LogP contribution >= 0.6 is 0 Å².